The van der Waals surface area contributed by atoms with Gasteiger partial charge in [-0.3, -0.25) is 9.59 Å². The number of rotatable bonds is 11. The van der Waals surface area contributed by atoms with Crippen LogP contribution in [-0.4, -0.2) is 22.2 Å². The second-order valence-electron chi connectivity index (χ2n) is 7.62. The Bertz CT molecular complexity index is 345. The molecule has 0 radical (unpaired) electrons. The van der Waals surface area contributed by atoms with Gasteiger partial charge in [-0.2, -0.15) is 0 Å². The first-order valence-electron chi connectivity index (χ1n) is 7.96. The van der Waals surface area contributed by atoms with Crippen LogP contribution in [0.4, 0.5) is 0 Å². The number of carboxylic acids is 2. The van der Waals surface area contributed by atoms with Crippen LogP contribution in [0.5, 0.6) is 0 Å². The van der Waals surface area contributed by atoms with Gasteiger partial charge in [0.2, 0.25) is 0 Å². The van der Waals surface area contributed by atoms with E-state index in [2.05, 4.69) is 6.92 Å². The zero-order valence-electron chi connectivity index (χ0n) is 14.2. The highest BCUT2D eigenvalue weighted by molar-refractivity contribution is 5.73. The Kier molecular flexibility index (Phi) is 7.98. The van der Waals surface area contributed by atoms with Crippen molar-refractivity contribution in [1.82, 2.24) is 0 Å². The maximum absolute atomic E-state index is 11.0. The summed E-state index contributed by atoms with van der Waals surface area (Å²) in [7, 11) is 0. The summed E-state index contributed by atoms with van der Waals surface area (Å²) in [6.07, 6.45) is 6.45. The Hall–Kier alpha value is -1.06. The van der Waals surface area contributed by atoms with Crippen LogP contribution in [0.3, 0.4) is 0 Å². The van der Waals surface area contributed by atoms with E-state index in [0.29, 0.717) is 18.8 Å². The summed E-state index contributed by atoms with van der Waals surface area (Å²) in [6.45, 7) is 9.28. The van der Waals surface area contributed by atoms with Crippen molar-refractivity contribution >= 4 is 11.9 Å². The van der Waals surface area contributed by atoms with E-state index in [1.165, 1.54) is 0 Å². The molecule has 0 saturated carbocycles. The molecule has 0 amide bonds. The van der Waals surface area contributed by atoms with Crippen molar-refractivity contribution in [2.75, 3.05) is 0 Å². The van der Waals surface area contributed by atoms with Crippen molar-refractivity contribution in [2.24, 2.45) is 16.7 Å². The topological polar surface area (TPSA) is 74.6 Å². The SMILES string of the molecule is CC(CCCCC(C)(C)C(=O)O)CCCC(C)(C)C(=O)O. The van der Waals surface area contributed by atoms with Crippen molar-refractivity contribution in [2.45, 2.75) is 79.6 Å². The van der Waals surface area contributed by atoms with Crippen molar-refractivity contribution in [3.63, 3.8) is 0 Å². The van der Waals surface area contributed by atoms with E-state index in [-0.39, 0.29) is 0 Å². The van der Waals surface area contributed by atoms with Crippen LogP contribution in [0.25, 0.3) is 0 Å². The molecule has 0 aromatic rings. The summed E-state index contributed by atoms with van der Waals surface area (Å²) in [5.74, 6) is -0.889. The summed E-state index contributed by atoms with van der Waals surface area (Å²) in [5.41, 5.74) is -1.26. The highest BCUT2D eigenvalue weighted by Crippen LogP contribution is 2.27. The molecule has 0 bridgehead atoms. The fraction of sp³-hybridized carbons (Fsp3) is 0.882. The number of carboxylic acid groups (broad SMARTS) is 2. The largest absolute Gasteiger partial charge is 0.481 e. The van der Waals surface area contributed by atoms with Gasteiger partial charge in [0, 0.05) is 0 Å². The maximum atomic E-state index is 11.0. The molecule has 0 aliphatic carbocycles. The van der Waals surface area contributed by atoms with Gasteiger partial charge < -0.3 is 10.2 Å². The first-order chi connectivity index (χ1) is 9.49. The molecule has 0 saturated heterocycles. The van der Waals surface area contributed by atoms with E-state index < -0.39 is 22.8 Å². The van der Waals surface area contributed by atoms with Crippen molar-refractivity contribution < 1.29 is 19.8 Å². The van der Waals surface area contributed by atoms with Gasteiger partial charge in [0.05, 0.1) is 10.8 Å². The van der Waals surface area contributed by atoms with Crippen LogP contribution in [0.15, 0.2) is 0 Å². The van der Waals surface area contributed by atoms with E-state index >= 15 is 0 Å². The average Bonchev–Trinajstić information content (AvgIpc) is 2.34. The van der Waals surface area contributed by atoms with Crippen molar-refractivity contribution in [3.8, 4) is 0 Å². The Morgan fingerprint density at radius 3 is 1.62 bits per heavy atom. The molecule has 0 fully saturated rings. The van der Waals surface area contributed by atoms with Crippen LogP contribution < -0.4 is 0 Å². The van der Waals surface area contributed by atoms with Crippen LogP contribution in [0.2, 0.25) is 0 Å². The highest BCUT2D eigenvalue weighted by atomic mass is 16.4. The van der Waals surface area contributed by atoms with Gasteiger partial charge in [-0.05, 0) is 46.5 Å². The lowest BCUT2D eigenvalue weighted by Crippen LogP contribution is -2.23. The molecule has 0 spiro atoms. The second-order valence-corrected chi connectivity index (χ2v) is 7.62. The molecule has 0 heterocycles. The predicted octanol–water partition coefficient (Wildman–Crippen LogP) is 4.57. The minimum Gasteiger partial charge on any atom is -0.481 e. The summed E-state index contributed by atoms with van der Waals surface area (Å²) in [4.78, 5) is 22.0. The van der Waals surface area contributed by atoms with Crippen LogP contribution in [0.1, 0.15) is 79.6 Å². The van der Waals surface area contributed by atoms with Crippen LogP contribution in [-0.2, 0) is 9.59 Å². The lowest BCUT2D eigenvalue weighted by atomic mass is 9.84. The number of carbonyl (C=O) groups is 2. The van der Waals surface area contributed by atoms with Gasteiger partial charge >= 0.3 is 11.9 Å². The summed E-state index contributed by atoms with van der Waals surface area (Å²) in [6, 6.07) is 0. The molecular weight excluding hydrogens is 268 g/mol. The molecule has 1 unspecified atom stereocenters. The number of aliphatic carboxylic acids is 2. The van der Waals surface area contributed by atoms with Crippen molar-refractivity contribution in [3.05, 3.63) is 0 Å². The fourth-order valence-electron chi connectivity index (χ4n) is 2.31. The molecule has 0 aromatic carbocycles. The third kappa shape index (κ3) is 8.08. The first kappa shape index (κ1) is 19.9. The third-order valence-electron chi connectivity index (χ3n) is 4.41. The van der Waals surface area contributed by atoms with Crippen LogP contribution in [0, 0.1) is 16.7 Å². The fourth-order valence-corrected chi connectivity index (χ4v) is 2.31. The Morgan fingerprint density at radius 2 is 1.19 bits per heavy atom. The first-order valence-corrected chi connectivity index (χ1v) is 7.96. The quantitative estimate of drug-likeness (QED) is 0.548. The molecule has 0 aliphatic heterocycles. The molecule has 124 valence electrons. The average molecular weight is 300 g/mol. The minimum absolute atomic E-state index is 0.572. The minimum atomic E-state index is -0.731. The molecule has 4 nitrogen and oxygen atoms in total. The lowest BCUT2D eigenvalue weighted by molar-refractivity contribution is -0.148. The van der Waals surface area contributed by atoms with E-state index in [4.69, 9.17) is 10.2 Å². The Balaban J connectivity index is 3.80. The second kappa shape index (κ2) is 8.40. The van der Waals surface area contributed by atoms with Gasteiger partial charge in [0.25, 0.3) is 0 Å². The van der Waals surface area contributed by atoms with Gasteiger partial charge in [-0.25, -0.2) is 0 Å². The number of unbranched alkanes of at least 4 members (excludes halogenated alkanes) is 1. The molecule has 1 atom stereocenters. The normalized spacial score (nSPS) is 14.0. The number of hydrogen-bond acceptors (Lipinski definition) is 2. The molecule has 0 aromatic heterocycles. The smallest absolute Gasteiger partial charge is 0.309 e. The monoisotopic (exact) mass is 300 g/mol. The number of hydrogen-bond donors (Lipinski definition) is 2. The summed E-state index contributed by atoms with van der Waals surface area (Å²) < 4.78 is 0. The molecule has 0 aliphatic rings. The Labute approximate surface area is 128 Å². The van der Waals surface area contributed by atoms with Gasteiger partial charge in [0.15, 0.2) is 0 Å². The molecule has 4 heteroatoms. The van der Waals surface area contributed by atoms with Gasteiger partial charge in [-0.15, -0.1) is 0 Å². The molecular formula is C17H32O4. The zero-order valence-corrected chi connectivity index (χ0v) is 14.2. The van der Waals surface area contributed by atoms with Crippen molar-refractivity contribution in [1.29, 1.82) is 0 Å². The zero-order chi connectivity index (χ0) is 16.7. The van der Waals surface area contributed by atoms with E-state index in [1.54, 1.807) is 27.7 Å². The van der Waals surface area contributed by atoms with Crippen LogP contribution >= 0.6 is 0 Å². The Morgan fingerprint density at radius 1 is 0.810 bits per heavy atom. The summed E-state index contributed by atoms with van der Waals surface area (Å²) >= 11 is 0. The molecule has 0 rings (SSSR count). The predicted molar refractivity (Wildman–Crippen MR) is 84.3 cm³/mol. The lowest BCUT2D eigenvalue weighted by Gasteiger charge is -2.21. The van der Waals surface area contributed by atoms with Gasteiger partial charge in [0.1, 0.15) is 0 Å². The standard InChI is InChI=1S/C17H32O4/c1-13(10-8-12-17(4,5)15(20)21)9-6-7-11-16(2,3)14(18)19/h13H,6-12H2,1-5H3,(H,18,19)(H,20,21). The van der Waals surface area contributed by atoms with E-state index in [0.717, 1.165) is 32.1 Å². The molecule has 21 heavy (non-hydrogen) atoms. The summed E-state index contributed by atoms with van der Waals surface area (Å²) in [5, 5.41) is 18.1. The van der Waals surface area contributed by atoms with Gasteiger partial charge in [-0.1, -0.05) is 39.0 Å². The molecule has 2 N–H and O–H groups in total. The maximum Gasteiger partial charge on any atom is 0.309 e. The highest BCUT2D eigenvalue weighted by Gasteiger charge is 2.27. The van der Waals surface area contributed by atoms with E-state index in [9.17, 15) is 9.59 Å². The van der Waals surface area contributed by atoms with E-state index in [1.807, 2.05) is 0 Å². The third-order valence-corrected chi connectivity index (χ3v) is 4.41.